The average molecular weight is 379 g/mol. The second-order valence-corrected chi connectivity index (χ2v) is 6.45. The van der Waals surface area contributed by atoms with E-state index in [1.807, 2.05) is 34.9 Å². The van der Waals surface area contributed by atoms with Crippen LogP contribution < -0.4 is 22.1 Å². The number of unbranched alkanes of at least 4 members (excludes halogenated alkanes) is 1. The molecule has 0 aliphatic rings. The first-order valence-corrected chi connectivity index (χ1v) is 9.24. The number of aromatic nitrogens is 2. The Morgan fingerprint density at radius 3 is 2.71 bits per heavy atom. The molecule has 0 saturated carbocycles. The van der Waals surface area contributed by atoms with Crippen LogP contribution in [0, 0.1) is 0 Å². The molecule has 146 valence electrons. The van der Waals surface area contributed by atoms with Crippen molar-refractivity contribution in [2.75, 3.05) is 11.9 Å². The van der Waals surface area contributed by atoms with E-state index in [1.54, 1.807) is 18.3 Å². The molecule has 28 heavy (non-hydrogen) atoms. The van der Waals surface area contributed by atoms with E-state index in [0.717, 1.165) is 24.2 Å². The SMILES string of the molecule is CCCCNC(=O)c1ccn2c(NCc3ccc(N=C(N)N)cc3)cnc2c1. The number of nitrogens with zero attached hydrogens (tertiary/aromatic N) is 3. The molecule has 8 heteroatoms. The van der Waals surface area contributed by atoms with Gasteiger partial charge in [-0.3, -0.25) is 9.20 Å². The molecule has 0 atom stereocenters. The van der Waals surface area contributed by atoms with Crippen LogP contribution >= 0.6 is 0 Å². The summed E-state index contributed by atoms with van der Waals surface area (Å²) in [5, 5.41) is 6.27. The van der Waals surface area contributed by atoms with Crippen molar-refractivity contribution in [2.24, 2.45) is 16.5 Å². The van der Waals surface area contributed by atoms with Crippen LogP contribution in [0.25, 0.3) is 5.65 Å². The van der Waals surface area contributed by atoms with Gasteiger partial charge in [-0.05, 0) is 36.2 Å². The predicted octanol–water partition coefficient (Wildman–Crippen LogP) is 2.38. The molecule has 0 bridgehead atoms. The second kappa shape index (κ2) is 8.90. The van der Waals surface area contributed by atoms with Crippen LogP contribution in [-0.2, 0) is 6.54 Å². The number of hydrogen-bond donors (Lipinski definition) is 4. The summed E-state index contributed by atoms with van der Waals surface area (Å²) >= 11 is 0. The van der Waals surface area contributed by atoms with E-state index >= 15 is 0 Å². The van der Waals surface area contributed by atoms with Gasteiger partial charge < -0.3 is 22.1 Å². The van der Waals surface area contributed by atoms with Crippen molar-refractivity contribution >= 4 is 29.0 Å². The third kappa shape index (κ3) is 4.79. The number of imidazole rings is 1. The number of carbonyl (C=O) groups is 1. The molecule has 0 spiro atoms. The maximum absolute atomic E-state index is 12.2. The smallest absolute Gasteiger partial charge is 0.251 e. The number of carbonyl (C=O) groups excluding carboxylic acids is 1. The summed E-state index contributed by atoms with van der Waals surface area (Å²) in [7, 11) is 0. The Bertz CT molecular complexity index is 972. The first-order chi connectivity index (χ1) is 13.6. The van der Waals surface area contributed by atoms with Gasteiger partial charge in [0.05, 0.1) is 11.9 Å². The Morgan fingerprint density at radius 1 is 1.21 bits per heavy atom. The summed E-state index contributed by atoms with van der Waals surface area (Å²) in [4.78, 5) is 20.6. The van der Waals surface area contributed by atoms with Crippen molar-refractivity contribution in [3.8, 4) is 0 Å². The van der Waals surface area contributed by atoms with Crippen molar-refractivity contribution in [2.45, 2.75) is 26.3 Å². The fourth-order valence-corrected chi connectivity index (χ4v) is 2.76. The lowest BCUT2D eigenvalue weighted by molar-refractivity contribution is 0.0953. The van der Waals surface area contributed by atoms with Crippen molar-refractivity contribution in [1.29, 1.82) is 0 Å². The highest BCUT2D eigenvalue weighted by molar-refractivity contribution is 5.95. The number of benzene rings is 1. The fraction of sp³-hybridized carbons (Fsp3) is 0.250. The maximum atomic E-state index is 12.2. The van der Waals surface area contributed by atoms with E-state index < -0.39 is 0 Å². The summed E-state index contributed by atoms with van der Waals surface area (Å²) in [5.74, 6) is 0.811. The minimum atomic E-state index is -0.0747. The predicted molar refractivity (Wildman–Crippen MR) is 112 cm³/mol. The zero-order valence-electron chi connectivity index (χ0n) is 15.9. The number of aliphatic imine (C=N–C) groups is 1. The van der Waals surface area contributed by atoms with Gasteiger partial charge in [-0.25, -0.2) is 9.98 Å². The number of guanidine groups is 1. The third-order valence-corrected chi connectivity index (χ3v) is 4.26. The van der Waals surface area contributed by atoms with Gasteiger partial charge in [0.25, 0.3) is 5.91 Å². The number of amides is 1. The number of hydrogen-bond acceptors (Lipinski definition) is 4. The fourth-order valence-electron chi connectivity index (χ4n) is 2.76. The van der Waals surface area contributed by atoms with Crippen molar-refractivity contribution in [3.63, 3.8) is 0 Å². The number of nitrogens with two attached hydrogens (primary N) is 2. The van der Waals surface area contributed by atoms with E-state index in [1.165, 1.54) is 0 Å². The van der Waals surface area contributed by atoms with Crippen LogP contribution in [0.15, 0.2) is 53.8 Å². The number of rotatable bonds is 8. The average Bonchev–Trinajstić information content (AvgIpc) is 3.09. The zero-order valence-corrected chi connectivity index (χ0v) is 15.9. The lowest BCUT2D eigenvalue weighted by atomic mass is 10.2. The van der Waals surface area contributed by atoms with Crippen LogP contribution in [0.1, 0.15) is 35.7 Å². The molecule has 0 unspecified atom stereocenters. The van der Waals surface area contributed by atoms with Crippen LogP contribution in [0.3, 0.4) is 0 Å². The molecule has 0 aliphatic heterocycles. The molecule has 8 nitrogen and oxygen atoms in total. The van der Waals surface area contributed by atoms with E-state index in [0.29, 0.717) is 30.0 Å². The van der Waals surface area contributed by atoms with Gasteiger partial charge in [0.2, 0.25) is 0 Å². The van der Waals surface area contributed by atoms with Gasteiger partial charge in [-0.2, -0.15) is 0 Å². The quantitative estimate of drug-likeness (QED) is 0.272. The Balaban J connectivity index is 1.66. The van der Waals surface area contributed by atoms with Gasteiger partial charge in [-0.1, -0.05) is 25.5 Å². The molecule has 0 fully saturated rings. The van der Waals surface area contributed by atoms with E-state index in [-0.39, 0.29) is 11.9 Å². The van der Waals surface area contributed by atoms with Crippen molar-refractivity contribution in [3.05, 3.63) is 59.9 Å². The summed E-state index contributed by atoms with van der Waals surface area (Å²) in [5.41, 5.74) is 13.9. The second-order valence-electron chi connectivity index (χ2n) is 6.45. The highest BCUT2D eigenvalue weighted by Gasteiger charge is 2.09. The number of fused-ring (bicyclic) bond motifs is 1. The topological polar surface area (TPSA) is 123 Å². The Labute approximate surface area is 163 Å². The van der Waals surface area contributed by atoms with E-state index in [4.69, 9.17) is 11.5 Å². The Morgan fingerprint density at radius 2 is 2.00 bits per heavy atom. The zero-order chi connectivity index (χ0) is 19.9. The largest absolute Gasteiger partial charge is 0.370 e. The molecule has 3 rings (SSSR count). The number of anilines is 1. The minimum Gasteiger partial charge on any atom is -0.370 e. The minimum absolute atomic E-state index is 0.0371. The molecule has 1 aromatic carbocycles. The monoisotopic (exact) mass is 379 g/mol. The Kier molecular flexibility index (Phi) is 6.11. The molecule has 0 aliphatic carbocycles. The van der Waals surface area contributed by atoms with Crippen LogP contribution in [-0.4, -0.2) is 27.8 Å². The van der Waals surface area contributed by atoms with Gasteiger partial charge in [0.15, 0.2) is 5.96 Å². The molecule has 2 heterocycles. The summed E-state index contributed by atoms with van der Waals surface area (Å²) in [6, 6.07) is 11.2. The molecule has 1 amide bonds. The molecule has 3 aromatic rings. The van der Waals surface area contributed by atoms with Gasteiger partial charge in [0.1, 0.15) is 11.5 Å². The standard InChI is InChI=1S/C20H25N7O/c1-2-3-9-23-19(28)15-8-10-27-17(11-15)25-13-18(27)24-12-14-4-6-16(7-5-14)26-20(21)22/h4-8,10-11,13,24H,2-3,9,12H2,1H3,(H,23,28)(H4,21,22,26). The van der Waals surface area contributed by atoms with E-state index in [9.17, 15) is 4.79 Å². The number of nitrogens with one attached hydrogen (secondary N) is 2. The van der Waals surface area contributed by atoms with Crippen molar-refractivity contribution in [1.82, 2.24) is 14.7 Å². The van der Waals surface area contributed by atoms with E-state index in [2.05, 4.69) is 27.5 Å². The molecule has 6 N–H and O–H groups in total. The molecule has 2 aromatic heterocycles. The van der Waals surface area contributed by atoms with Gasteiger partial charge >= 0.3 is 0 Å². The van der Waals surface area contributed by atoms with Gasteiger partial charge in [-0.15, -0.1) is 0 Å². The molecule has 0 radical (unpaired) electrons. The highest BCUT2D eigenvalue weighted by atomic mass is 16.1. The van der Waals surface area contributed by atoms with Crippen LogP contribution in [0.2, 0.25) is 0 Å². The molecule has 0 saturated heterocycles. The van der Waals surface area contributed by atoms with Crippen molar-refractivity contribution < 1.29 is 4.79 Å². The lowest BCUT2D eigenvalue weighted by Gasteiger charge is -2.08. The Hall–Kier alpha value is -3.55. The van der Waals surface area contributed by atoms with Crippen LogP contribution in [0.4, 0.5) is 11.5 Å². The van der Waals surface area contributed by atoms with Gasteiger partial charge in [0, 0.05) is 24.8 Å². The first-order valence-electron chi connectivity index (χ1n) is 9.24. The summed E-state index contributed by atoms with van der Waals surface area (Å²) < 4.78 is 1.91. The molecular formula is C20H25N7O. The maximum Gasteiger partial charge on any atom is 0.251 e. The number of pyridine rings is 1. The summed E-state index contributed by atoms with van der Waals surface area (Å²) in [6.07, 6.45) is 5.62. The first kappa shape index (κ1) is 19.2. The lowest BCUT2D eigenvalue weighted by Crippen LogP contribution is -2.24. The highest BCUT2D eigenvalue weighted by Crippen LogP contribution is 2.17. The summed E-state index contributed by atoms with van der Waals surface area (Å²) in [6.45, 7) is 3.40. The van der Waals surface area contributed by atoms with Crippen LogP contribution in [0.5, 0.6) is 0 Å². The normalized spacial score (nSPS) is 10.6. The third-order valence-electron chi connectivity index (χ3n) is 4.26. The molecular weight excluding hydrogens is 354 g/mol.